The van der Waals surface area contributed by atoms with E-state index in [4.69, 9.17) is 18.3 Å². The molecule has 0 radical (unpaired) electrons. The van der Waals surface area contributed by atoms with Gasteiger partial charge in [0, 0.05) is 23.4 Å². The molecule has 0 aliphatic rings. The van der Waals surface area contributed by atoms with E-state index in [1.807, 2.05) is 0 Å². The fourth-order valence-electron chi connectivity index (χ4n) is 3.06. The van der Waals surface area contributed by atoms with Crippen LogP contribution in [0.2, 0.25) is 0 Å². The molecule has 3 aromatic rings. The number of hydrogen-bond donors (Lipinski definition) is 1. The van der Waals surface area contributed by atoms with Crippen molar-refractivity contribution in [2.24, 2.45) is 0 Å². The van der Waals surface area contributed by atoms with E-state index in [2.05, 4.69) is 5.32 Å². The number of esters is 1. The van der Waals surface area contributed by atoms with Gasteiger partial charge in [0.25, 0.3) is 5.91 Å². The number of amides is 1. The van der Waals surface area contributed by atoms with Crippen molar-refractivity contribution in [3.63, 3.8) is 0 Å². The number of carbonyl (C=O) groups excluding carboxylic acids is 2. The van der Waals surface area contributed by atoms with Crippen molar-refractivity contribution < 1.29 is 27.9 Å². The summed E-state index contributed by atoms with van der Waals surface area (Å²) in [4.78, 5) is 36.6. The number of hydrogen-bond acceptors (Lipinski definition) is 7. The Morgan fingerprint density at radius 2 is 2.03 bits per heavy atom. The molecule has 3 rings (SSSR count). The van der Waals surface area contributed by atoms with E-state index >= 15 is 0 Å². The van der Waals surface area contributed by atoms with E-state index in [0.29, 0.717) is 22.7 Å². The van der Waals surface area contributed by atoms with Crippen LogP contribution in [0.25, 0.3) is 11.0 Å². The number of ether oxygens (including phenoxy) is 2. The number of benzene rings is 1. The summed E-state index contributed by atoms with van der Waals surface area (Å²) in [7, 11) is 1.53. The monoisotopic (exact) mass is 413 g/mol. The Balaban J connectivity index is 1.59. The topological polar surface area (TPSA) is 108 Å². The van der Waals surface area contributed by atoms with Gasteiger partial charge in [-0.15, -0.1) is 0 Å². The summed E-state index contributed by atoms with van der Waals surface area (Å²) in [5, 5.41) is 3.39. The molecule has 0 spiro atoms. The number of aryl methyl sites for hydroxylation is 1. The lowest BCUT2D eigenvalue weighted by atomic mass is 10.0. The largest absolute Gasteiger partial charge is 0.497 e. The lowest BCUT2D eigenvalue weighted by Gasteiger charge is -2.13. The summed E-state index contributed by atoms with van der Waals surface area (Å²) in [5.41, 5.74) is 1.05. The highest BCUT2D eigenvalue weighted by Gasteiger charge is 2.19. The van der Waals surface area contributed by atoms with Crippen LogP contribution in [0.5, 0.6) is 5.75 Å². The Bertz CT molecular complexity index is 1100. The van der Waals surface area contributed by atoms with Gasteiger partial charge in [0.1, 0.15) is 17.1 Å². The summed E-state index contributed by atoms with van der Waals surface area (Å²) >= 11 is 0. The van der Waals surface area contributed by atoms with Crippen LogP contribution in [-0.4, -0.2) is 25.1 Å². The molecule has 1 N–H and O–H groups in total. The van der Waals surface area contributed by atoms with E-state index < -0.39 is 23.6 Å². The first kappa shape index (κ1) is 21.2. The van der Waals surface area contributed by atoms with Gasteiger partial charge in [0.2, 0.25) is 0 Å². The highest BCUT2D eigenvalue weighted by Crippen LogP contribution is 2.24. The minimum Gasteiger partial charge on any atom is -0.497 e. The molecule has 2 aromatic heterocycles. The smallest absolute Gasteiger partial charge is 0.339 e. The molecule has 0 bridgehead atoms. The van der Waals surface area contributed by atoms with Crippen molar-refractivity contribution in [1.82, 2.24) is 5.32 Å². The Morgan fingerprint density at radius 3 is 2.73 bits per heavy atom. The van der Waals surface area contributed by atoms with E-state index in [-0.39, 0.29) is 19.4 Å². The SMILES string of the molecule is COc1ccc2c(C)c(CCC(=O)OC(C)C(=O)NCc3ccco3)c(=O)oc2c1. The highest BCUT2D eigenvalue weighted by atomic mass is 16.5. The maximum Gasteiger partial charge on any atom is 0.339 e. The van der Waals surface area contributed by atoms with Gasteiger partial charge in [-0.1, -0.05) is 0 Å². The van der Waals surface area contributed by atoms with Crippen LogP contribution in [0.1, 0.15) is 30.2 Å². The second-order valence-electron chi connectivity index (χ2n) is 6.78. The Morgan fingerprint density at radius 1 is 1.23 bits per heavy atom. The number of rotatable bonds is 8. The predicted molar refractivity (Wildman–Crippen MR) is 108 cm³/mol. The van der Waals surface area contributed by atoms with Crippen molar-refractivity contribution in [2.75, 3.05) is 7.11 Å². The lowest BCUT2D eigenvalue weighted by molar-refractivity contribution is -0.154. The molecule has 1 unspecified atom stereocenters. The van der Waals surface area contributed by atoms with E-state index in [1.54, 1.807) is 37.3 Å². The Kier molecular flexibility index (Phi) is 6.56. The molecule has 8 heteroatoms. The molecule has 30 heavy (non-hydrogen) atoms. The standard InChI is InChI=1S/C22H23NO7/c1-13-17-7-6-15(27-3)11-19(17)30-22(26)18(13)8-9-20(24)29-14(2)21(25)23-12-16-5-4-10-28-16/h4-7,10-11,14H,8-9,12H2,1-3H3,(H,23,25). The van der Waals surface area contributed by atoms with Crippen molar-refractivity contribution in [1.29, 1.82) is 0 Å². The molecular weight excluding hydrogens is 390 g/mol. The van der Waals surface area contributed by atoms with Gasteiger partial charge >= 0.3 is 11.6 Å². The van der Waals surface area contributed by atoms with Gasteiger partial charge in [-0.05, 0) is 50.1 Å². The van der Waals surface area contributed by atoms with E-state index in [1.165, 1.54) is 20.3 Å². The van der Waals surface area contributed by atoms with Gasteiger partial charge in [0.05, 0.1) is 19.9 Å². The van der Waals surface area contributed by atoms with Crippen LogP contribution in [0.3, 0.4) is 0 Å². The van der Waals surface area contributed by atoms with Crippen LogP contribution in [0.15, 0.2) is 50.2 Å². The first-order chi connectivity index (χ1) is 14.4. The molecule has 158 valence electrons. The third-order valence-corrected chi connectivity index (χ3v) is 4.77. The first-order valence-corrected chi connectivity index (χ1v) is 9.49. The number of carbonyl (C=O) groups is 2. The molecule has 0 aliphatic heterocycles. The fourth-order valence-corrected chi connectivity index (χ4v) is 3.06. The predicted octanol–water partition coefficient (Wildman–Crippen LogP) is 2.88. The first-order valence-electron chi connectivity index (χ1n) is 9.49. The second-order valence-corrected chi connectivity index (χ2v) is 6.78. The van der Waals surface area contributed by atoms with Gasteiger partial charge in [-0.25, -0.2) is 4.79 Å². The molecule has 1 amide bonds. The van der Waals surface area contributed by atoms with Crippen LogP contribution < -0.4 is 15.7 Å². The summed E-state index contributed by atoms with van der Waals surface area (Å²) in [6.07, 6.45) is 0.639. The quantitative estimate of drug-likeness (QED) is 0.447. The van der Waals surface area contributed by atoms with Crippen LogP contribution >= 0.6 is 0 Å². The van der Waals surface area contributed by atoms with Crippen molar-refractivity contribution in [3.8, 4) is 5.75 Å². The van der Waals surface area contributed by atoms with Crippen molar-refractivity contribution >= 4 is 22.8 Å². The van der Waals surface area contributed by atoms with E-state index in [0.717, 1.165) is 10.9 Å². The molecule has 0 saturated carbocycles. The molecule has 1 atom stereocenters. The second kappa shape index (κ2) is 9.30. The summed E-state index contributed by atoms with van der Waals surface area (Å²) < 4.78 is 20.8. The summed E-state index contributed by atoms with van der Waals surface area (Å²) in [6.45, 7) is 3.49. The van der Waals surface area contributed by atoms with Crippen LogP contribution in [0, 0.1) is 6.92 Å². The molecule has 0 fully saturated rings. The Labute approximate surface area is 172 Å². The van der Waals surface area contributed by atoms with Gasteiger partial charge < -0.3 is 23.6 Å². The zero-order valence-electron chi connectivity index (χ0n) is 17.0. The molecular formula is C22H23NO7. The number of fused-ring (bicyclic) bond motifs is 1. The summed E-state index contributed by atoms with van der Waals surface area (Å²) in [5.74, 6) is 0.165. The number of nitrogens with one attached hydrogen (secondary N) is 1. The fraction of sp³-hybridized carbons (Fsp3) is 0.318. The average molecular weight is 413 g/mol. The van der Waals surface area contributed by atoms with Crippen LogP contribution in [0.4, 0.5) is 0 Å². The molecule has 8 nitrogen and oxygen atoms in total. The van der Waals surface area contributed by atoms with Crippen molar-refractivity contribution in [3.05, 3.63) is 63.9 Å². The highest BCUT2D eigenvalue weighted by molar-refractivity contribution is 5.84. The minimum absolute atomic E-state index is 0.0525. The Hall–Kier alpha value is -3.55. The van der Waals surface area contributed by atoms with Crippen molar-refractivity contribution in [2.45, 2.75) is 39.3 Å². The van der Waals surface area contributed by atoms with Crippen LogP contribution in [-0.2, 0) is 27.3 Å². The minimum atomic E-state index is -0.964. The summed E-state index contributed by atoms with van der Waals surface area (Å²) in [6, 6.07) is 8.66. The number of methoxy groups -OCH3 is 1. The molecule has 1 aromatic carbocycles. The number of furan rings is 1. The third kappa shape index (κ3) is 4.89. The molecule has 2 heterocycles. The third-order valence-electron chi connectivity index (χ3n) is 4.77. The maximum absolute atomic E-state index is 12.4. The zero-order chi connectivity index (χ0) is 21.7. The zero-order valence-corrected chi connectivity index (χ0v) is 17.0. The normalized spacial score (nSPS) is 11.8. The molecule has 0 saturated heterocycles. The van der Waals surface area contributed by atoms with Gasteiger partial charge in [-0.2, -0.15) is 0 Å². The average Bonchev–Trinajstić information content (AvgIpc) is 3.24. The lowest BCUT2D eigenvalue weighted by Crippen LogP contribution is -2.35. The molecule has 0 aliphatic carbocycles. The maximum atomic E-state index is 12.4. The van der Waals surface area contributed by atoms with Gasteiger partial charge in [-0.3, -0.25) is 9.59 Å². The van der Waals surface area contributed by atoms with Gasteiger partial charge in [0.15, 0.2) is 6.10 Å². The van der Waals surface area contributed by atoms with E-state index in [9.17, 15) is 14.4 Å².